The number of hydrogen-bond acceptors (Lipinski definition) is 4. The first-order valence-electron chi connectivity index (χ1n) is 6.30. The number of nitrogens with two attached hydrogens (primary N) is 1. The second-order valence-electron chi connectivity index (χ2n) is 5.00. The van der Waals surface area contributed by atoms with E-state index in [9.17, 15) is 8.42 Å². The molecule has 2 unspecified atom stereocenters. The smallest absolute Gasteiger partial charge is 0.262 e. The van der Waals surface area contributed by atoms with Crippen LogP contribution >= 0.6 is 24.0 Å². The Morgan fingerprint density at radius 2 is 2.15 bits per heavy atom. The maximum absolute atomic E-state index is 12.6. The van der Waals surface area contributed by atoms with Crippen LogP contribution in [0.15, 0.2) is 11.2 Å². The Labute approximate surface area is 130 Å². The highest BCUT2D eigenvalue weighted by Gasteiger charge is 2.36. The Morgan fingerprint density at radius 3 is 2.65 bits per heavy atom. The van der Waals surface area contributed by atoms with Crippen LogP contribution < -0.4 is 5.73 Å². The van der Waals surface area contributed by atoms with Crippen LogP contribution in [-0.4, -0.2) is 40.9 Å². The van der Waals surface area contributed by atoms with Crippen molar-refractivity contribution in [2.24, 2.45) is 12.8 Å². The molecule has 0 radical (unpaired) electrons. The highest BCUT2D eigenvalue weighted by molar-refractivity contribution is 7.89. The van der Waals surface area contributed by atoms with Gasteiger partial charge in [-0.2, -0.15) is 4.31 Å². The summed E-state index contributed by atoms with van der Waals surface area (Å²) >= 11 is 5.82. The molecule has 1 saturated heterocycles. The van der Waals surface area contributed by atoms with Gasteiger partial charge in [0.25, 0.3) is 10.0 Å². The molecule has 1 aliphatic heterocycles. The van der Waals surface area contributed by atoms with E-state index in [1.54, 1.807) is 7.05 Å². The number of piperidine rings is 1. The van der Waals surface area contributed by atoms with E-state index in [0.29, 0.717) is 6.54 Å². The van der Waals surface area contributed by atoms with Crippen molar-refractivity contribution in [3.63, 3.8) is 0 Å². The van der Waals surface area contributed by atoms with Gasteiger partial charge in [0.1, 0.15) is 0 Å². The lowest BCUT2D eigenvalue weighted by atomic mass is 10.00. The molecule has 9 heteroatoms. The molecule has 2 rings (SSSR count). The van der Waals surface area contributed by atoms with Crippen LogP contribution in [0.1, 0.15) is 26.2 Å². The van der Waals surface area contributed by atoms with Crippen LogP contribution in [0.3, 0.4) is 0 Å². The minimum Gasteiger partial charge on any atom is -0.326 e. The van der Waals surface area contributed by atoms with E-state index < -0.39 is 10.0 Å². The molecule has 1 fully saturated rings. The molecule has 0 aliphatic carbocycles. The summed E-state index contributed by atoms with van der Waals surface area (Å²) in [5.74, 6) is 0. The van der Waals surface area contributed by atoms with Crippen LogP contribution in [-0.2, 0) is 17.1 Å². The molecule has 0 aromatic carbocycles. The van der Waals surface area contributed by atoms with Gasteiger partial charge in [0.2, 0.25) is 5.28 Å². The van der Waals surface area contributed by atoms with Crippen LogP contribution in [0.25, 0.3) is 0 Å². The summed E-state index contributed by atoms with van der Waals surface area (Å²) in [6, 6.07) is -0.367. The fourth-order valence-electron chi connectivity index (χ4n) is 2.42. The average Bonchev–Trinajstić information content (AvgIpc) is 2.70. The zero-order valence-corrected chi connectivity index (χ0v) is 13.9. The molecule has 1 aromatic rings. The van der Waals surface area contributed by atoms with Gasteiger partial charge in [0, 0.05) is 31.9 Å². The third-order valence-corrected chi connectivity index (χ3v) is 5.62. The van der Waals surface area contributed by atoms with Crippen molar-refractivity contribution in [2.45, 2.75) is 43.3 Å². The Morgan fingerprint density at radius 1 is 1.50 bits per heavy atom. The second-order valence-corrected chi connectivity index (χ2v) is 7.17. The summed E-state index contributed by atoms with van der Waals surface area (Å²) in [5.41, 5.74) is 5.91. The summed E-state index contributed by atoms with van der Waals surface area (Å²) in [6.45, 7) is 2.33. The number of sulfonamides is 1. The van der Waals surface area contributed by atoms with E-state index in [-0.39, 0.29) is 34.8 Å². The third-order valence-electron chi connectivity index (χ3n) is 3.48. The van der Waals surface area contributed by atoms with Crippen molar-refractivity contribution < 1.29 is 8.42 Å². The largest absolute Gasteiger partial charge is 0.326 e. The number of halogens is 2. The minimum atomic E-state index is -3.62. The van der Waals surface area contributed by atoms with Crippen LogP contribution in [0.2, 0.25) is 5.28 Å². The molecule has 2 atom stereocenters. The lowest BCUT2D eigenvalue weighted by Crippen LogP contribution is -2.51. The Kier molecular flexibility index (Phi) is 5.86. The number of nitrogens with zero attached hydrogens (tertiary/aromatic N) is 3. The fourth-order valence-corrected chi connectivity index (χ4v) is 4.36. The lowest BCUT2D eigenvalue weighted by Gasteiger charge is -2.36. The highest BCUT2D eigenvalue weighted by Crippen LogP contribution is 2.26. The summed E-state index contributed by atoms with van der Waals surface area (Å²) in [7, 11) is -1.96. The molecule has 2 N–H and O–H groups in total. The van der Waals surface area contributed by atoms with E-state index >= 15 is 0 Å². The third kappa shape index (κ3) is 3.28. The Hall–Kier alpha value is -0.340. The first-order valence-corrected chi connectivity index (χ1v) is 8.12. The summed E-state index contributed by atoms with van der Waals surface area (Å²) < 4.78 is 28.2. The van der Waals surface area contributed by atoms with E-state index in [1.165, 1.54) is 15.1 Å². The second kappa shape index (κ2) is 6.62. The molecule has 0 amide bonds. The first-order chi connectivity index (χ1) is 8.84. The Balaban J connectivity index is 0.00000200. The van der Waals surface area contributed by atoms with Gasteiger partial charge in [0.15, 0.2) is 5.03 Å². The van der Waals surface area contributed by atoms with Gasteiger partial charge in [-0.1, -0.05) is 6.42 Å². The average molecular weight is 343 g/mol. The van der Waals surface area contributed by atoms with E-state index in [4.69, 9.17) is 17.3 Å². The highest BCUT2D eigenvalue weighted by atomic mass is 35.5. The molecule has 0 spiro atoms. The molecule has 6 nitrogen and oxygen atoms in total. The van der Waals surface area contributed by atoms with Crippen LogP contribution in [0.5, 0.6) is 0 Å². The lowest BCUT2D eigenvalue weighted by molar-refractivity contribution is 0.227. The number of aromatic nitrogens is 2. The quantitative estimate of drug-likeness (QED) is 0.899. The molecule has 116 valence electrons. The van der Waals surface area contributed by atoms with Gasteiger partial charge in [-0.3, -0.25) is 0 Å². The summed E-state index contributed by atoms with van der Waals surface area (Å²) in [5, 5.41) is 0.153. The number of aryl methyl sites for hydroxylation is 1. The fraction of sp³-hybridized carbons (Fsp3) is 0.727. The predicted molar refractivity (Wildman–Crippen MR) is 80.6 cm³/mol. The standard InChI is InChI=1S/C11H19ClN4O2S.ClH/c1-8(13)9-5-3-4-6-16(9)19(17,18)10-7-15(2)11(12)14-10;/h7-9H,3-6,13H2,1-2H3;1H. The van der Waals surface area contributed by atoms with E-state index in [2.05, 4.69) is 4.98 Å². The first kappa shape index (κ1) is 17.7. The minimum absolute atomic E-state index is 0. The van der Waals surface area contributed by atoms with Gasteiger partial charge >= 0.3 is 0 Å². The molecule has 20 heavy (non-hydrogen) atoms. The van der Waals surface area contributed by atoms with E-state index in [1.807, 2.05) is 6.92 Å². The van der Waals surface area contributed by atoms with E-state index in [0.717, 1.165) is 19.3 Å². The van der Waals surface area contributed by atoms with Crippen molar-refractivity contribution in [3.05, 3.63) is 11.5 Å². The van der Waals surface area contributed by atoms with Crippen molar-refractivity contribution in [3.8, 4) is 0 Å². The van der Waals surface area contributed by atoms with Crippen LogP contribution in [0.4, 0.5) is 0 Å². The molecule has 1 aliphatic rings. The normalized spacial score (nSPS) is 22.3. The number of rotatable bonds is 3. The molecule has 0 bridgehead atoms. The van der Waals surface area contributed by atoms with Gasteiger partial charge < -0.3 is 10.3 Å². The molecule has 0 saturated carbocycles. The number of hydrogen-bond donors (Lipinski definition) is 1. The van der Waals surface area contributed by atoms with Crippen molar-refractivity contribution in [1.29, 1.82) is 0 Å². The molecular formula is C11H20Cl2N4O2S. The summed E-state index contributed by atoms with van der Waals surface area (Å²) in [4.78, 5) is 3.91. The molecular weight excluding hydrogens is 323 g/mol. The maximum atomic E-state index is 12.6. The van der Waals surface area contributed by atoms with Gasteiger partial charge in [-0.15, -0.1) is 12.4 Å². The SMILES string of the molecule is CC(N)C1CCCCN1S(=O)(=O)c1cn(C)c(Cl)n1.Cl. The van der Waals surface area contributed by atoms with Crippen molar-refractivity contribution in [1.82, 2.24) is 13.9 Å². The van der Waals surface area contributed by atoms with Gasteiger partial charge in [-0.05, 0) is 31.4 Å². The van der Waals surface area contributed by atoms with Crippen molar-refractivity contribution in [2.75, 3.05) is 6.54 Å². The summed E-state index contributed by atoms with van der Waals surface area (Å²) in [6.07, 6.45) is 4.08. The maximum Gasteiger partial charge on any atom is 0.262 e. The molecule has 1 aromatic heterocycles. The molecule has 2 heterocycles. The zero-order valence-electron chi connectivity index (χ0n) is 11.5. The van der Waals surface area contributed by atoms with Gasteiger partial charge in [0.05, 0.1) is 0 Å². The zero-order chi connectivity index (χ0) is 14.2. The topological polar surface area (TPSA) is 81.2 Å². The van der Waals surface area contributed by atoms with Gasteiger partial charge in [-0.25, -0.2) is 13.4 Å². The number of imidazole rings is 1. The van der Waals surface area contributed by atoms with Crippen LogP contribution in [0, 0.1) is 0 Å². The van der Waals surface area contributed by atoms with Crippen molar-refractivity contribution >= 4 is 34.0 Å². The monoisotopic (exact) mass is 342 g/mol. The predicted octanol–water partition coefficient (Wildman–Crippen LogP) is 1.39. The Bertz CT molecular complexity index is 539.